The molecule has 0 aliphatic carbocycles. The predicted octanol–water partition coefficient (Wildman–Crippen LogP) is 4.00. The molecule has 0 radical (unpaired) electrons. The zero-order valence-electron chi connectivity index (χ0n) is 13.7. The van der Waals surface area contributed by atoms with Crippen LogP contribution in [0.5, 0.6) is 5.75 Å². The van der Waals surface area contributed by atoms with Crippen LogP contribution in [0.2, 0.25) is 0 Å². The average Bonchev–Trinajstić information content (AvgIpc) is 2.96. The number of nitrogens with one attached hydrogen (secondary N) is 1. The molecule has 0 saturated carbocycles. The van der Waals surface area contributed by atoms with E-state index in [1.165, 1.54) is 4.88 Å². The van der Waals surface area contributed by atoms with Gasteiger partial charge in [0, 0.05) is 24.7 Å². The fraction of sp³-hybridized carbons (Fsp3) is 0.375. The number of aliphatic imine (C=N–C) groups is 1. The van der Waals surface area contributed by atoms with Crippen LogP contribution in [-0.2, 0) is 6.54 Å². The molecule has 0 fully saturated rings. The second-order valence-electron chi connectivity index (χ2n) is 4.83. The smallest absolute Gasteiger partial charge is 0.194 e. The molecule has 0 aliphatic heterocycles. The lowest BCUT2D eigenvalue weighted by Crippen LogP contribution is -2.38. The summed E-state index contributed by atoms with van der Waals surface area (Å²) >= 11 is 5.23. The van der Waals surface area contributed by atoms with Gasteiger partial charge in [-0.1, -0.05) is 0 Å². The maximum atomic E-state index is 5.62. The van der Waals surface area contributed by atoms with Crippen LogP contribution < -0.4 is 10.1 Å². The van der Waals surface area contributed by atoms with E-state index >= 15 is 0 Å². The van der Waals surface area contributed by atoms with E-state index in [9.17, 15) is 0 Å². The summed E-state index contributed by atoms with van der Waals surface area (Å²) in [6.07, 6.45) is 3.43. The number of guanidine groups is 1. The molecule has 5 nitrogen and oxygen atoms in total. The molecule has 0 aliphatic rings. The summed E-state index contributed by atoms with van der Waals surface area (Å²) in [5.41, 5.74) is 0. The quantitative estimate of drug-likeness (QED) is 0.257. The Morgan fingerprint density at radius 1 is 1.42 bits per heavy atom. The Balaban J connectivity index is 0.00000288. The lowest BCUT2D eigenvalue weighted by molar-refractivity contribution is 0.326. The summed E-state index contributed by atoms with van der Waals surface area (Å²) in [6, 6.07) is 7.94. The number of ether oxygens (including phenoxy) is 1. The van der Waals surface area contributed by atoms with Gasteiger partial charge in [-0.15, -0.1) is 35.3 Å². The third kappa shape index (κ3) is 7.35. The molecule has 2 heterocycles. The van der Waals surface area contributed by atoms with Gasteiger partial charge in [-0.25, -0.2) is 4.99 Å². The second kappa shape index (κ2) is 11.6. The van der Waals surface area contributed by atoms with Gasteiger partial charge in [0.1, 0.15) is 12.4 Å². The minimum atomic E-state index is 0. The first-order valence-electron chi connectivity index (χ1n) is 7.45. The summed E-state index contributed by atoms with van der Waals surface area (Å²) in [5, 5.41) is 3.31. The highest BCUT2D eigenvalue weighted by atomic mass is 127. The molecule has 0 amide bonds. The van der Waals surface area contributed by atoms with Crippen molar-refractivity contribution in [1.29, 1.82) is 0 Å². The molecule has 0 bridgehead atoms. The maximum absolute atomic E-state index is 5.62. The summed E-state index contributed by atoms with van der Waals surface area (Å²) in [4.78, 5) is 12.0. The number of nitrogens with zero attached hydrogens (tertiary/aromatic N) is 3. The number of rotatable bonds is 7. The van der Waals surface area contributed by atoms with Crippen molar-refractivity contribution in [2.75, 3.05) is 26.7 Å². The Bertz CT molecular complexity index is 624. The van der Waals surface area contributed by atoms with Crippen molar-refractivity contribution in [2.45, 2.75) is 13.5 Å². The van der Waals surface area contributed by atoms with Crippen molar-refractivity contribution in [1.82, 2.24) is 15.2 Å². The topological polar surface area (TPSA) is 49.8 Å². The first kappa shape index (κ1) is 21.2. The first-order valence-corrected chi connectivity index (χ1v) is 9.06. The summed E-state index contributed by atoms with van der Waals surface area (Å²) in [5.74, 6) is 1.65. The number of hydrogen-bond donors (Lipinski definition) is 1. The number of hydrogen-bond acceptors (Lipinski definition) is 4. The molecule has 132 valence electrons. The van der Waals surface area contributed by atoms with Gasteiger partial charge in [0.2, 0.25) is 0 Å². The molecule has 2 aromatic heterocycles. The van der Waals surface area contributed by atoms with Crippen molar-refractivity contribution in [3.8, 4) is 5.75 Å². The lowest BCUT2D eigenvalue weighted by atomic mass is 10.4. The normalized spacial score (nSPS) is 10.9. The van der Waals surface area contributed by atoms with Gasteiger partial charge in [-0.2, -0.15) is 0 Å². The number of halogens is 2. The van der Waals surface area contributed by atoms with Gasteiger partial charge < -0.3 is 15.0 Å². The molecule has 0 aromatic carbocycles. The largest absolute Gasteiger partial charge is 0.490 e. The van der Waals surface area contributed by atoms with Crippen LogP contribution in [0.4, 0.5) is 0 Å². The Hall–Kier alpha value is -0.870. The minimum absolute atomic E-state index is 0. The molecule has 8 heteroatoms. The van der Waals surface area contributed by atoms with E-state index in [1.807, 2.05) is 19.2 Å². The molecule has 24 heavy (non-hydrogen) atoms. The summed E-state index contributed by atoms with van der Waals surface area (Å²) in [7, 11) is 2.04. The Kier molecular flexibility index (Phi) is 10.3. The van der Waals surface area contributed by atoms with Gasteiger partial charge >= 0.3 is 0 Å². The van der Waals surface area contributed by atoms with Gasteiger partial charge in [-0.05, 0) is 47.1 Å². The molecular weight excluding hydrogens is 503 g/mol. The Morgan fingerprint density at radius 2 is 2.25 bits per heavy atom. The standard InChI is InChI=1S/C16H21BrN4OS.HI/c1-3-19-16(21(2)12-14-6-7-15(17)23-14)20-9-10-22-13-5-4-8-18-11-13;/h4-8,11H,3,9-10,12H2,1-2H3,(H,19,20);1H. The fourth-order valence-corrected chi connectivity index (χ4v) is 3.50. The van der Waals surface area contributed by atoms with E-state index in [2.05, 4.69) is 55.2 Å². The van der Waals surface area contributed by atoms with E-state index in [1.54, 1.807) is 23.7 Å². The van der Waals surface area contributed by atoms with Gasteiger partial charge in [0.15, 0.2) is 5.96 Å². The lowest BCUT2D eigenvalue weighted by Gasteiger charge is -2.21. The summed E-state index contributed by atoms with van der Waals surface area (Å²) in [6.45, 7) is 4.85. The molecule has 1 N–H and O–H groups in total. The highest BCUT2D eigenvalue weighted by Crippen LogP contribution is 2.22. The van der Waals surface area contributed by atoms with Crippen LogP contribution in [0.15, 0.2) is 45.4 Å². The fourth-order valence-electron chi connectivity index (χ4n) is 1.96. The van der Waals surface area contributed by atoms with Gasteiger partial charge in [0.05, 0.1) is 23.1 Å². The maximum Gasteiger partial charge on any atom is 0.194 e. The van der Waals surface area contributed by atoms with Gasteiger partial charge in [-0.3, -0.25) is 4.98 Å². The van der Waals surface area contributed by atoms with Gasteiger partial charge in [0.25, 0.3) is 0 Å². The van der Waals surface area contributed by atoms with Crippen LogP contribution in [-0.4, -0.2) is 42.6 Å². The van der Waals surface area contributed by atoms with Crippen LogP contribution in [0.25, 0.3) is 0 Å². The molecular formula is C16H22BrIN4OS. The van der Waals surface area contributed by atoms with E-state index in [0.717, 1.165) is 28.6 Å². The van der Waals surface area contributed by atoms with E-state index in [4.69, 9.17) is 4.74 Å². The predicted molar refractivity (Wildman–Crippen MR) is 115 cm³/mol. The molecule has 0 spiro atoms. The van der Waals surface area contributed by atoms with Crippen molar-refractivity contribution < 1.29 is 4.74 Å². The monoisotopic (exact) mass is 524 g/mol. The van der Waals surface area contributed by atoms with E-state index in [0.29, 0.717) is 13.2 Å². The van der Waals surface area contributed by atoms with Crippen molar-refractivity contribution in [3.63, 3.8) is 0 Å². The third-order valence-corrected chi connectivity index (χ3v) is 4.58. The summed E-state index contributed by atoms with van der Waals surface area (Å²) < 4.78 is 6.76. The Morgan fingerprint density at radius 3 is 2.88 bits per heavy atom. The van der Waals surface area contributed by atoms with Crippen molar-refractivity contribution in [3.05, 3.63) is 45.3 Å². The first-order chi connectivity index (χ1) is 11.2. The highest BCUT2D eigenvalue weighted by Gasteiger charge is 2.07. The SMILES string of the molecule is CCNC(=NCCOc1cccnc1)N(C)Cc1ccc(Br)s1.I. The number of thiophene rings is 1. The van der Waals surface area contributed by atoms with Crippen molar-refractivity contribution >= 4 is 57.2 Å². The third-order valence-electron chi connectivity index (χ3n) is 2.97. The molecule has 0 unspecified atom stereocenters. The Labute approximate surface area is 172 Å². The molecule has 2 rings (SSSR count). The highest BCUT2D eigenvalue weighted by molar-refractivity contribution is 14.0. The van der Waals surface area contributed by atoms with Crippen LogP contribution in [0, 0.1) is 0 Å². The van der Waals surface area contributed by atoms with Crippen LogP contribution >= 0.6 is 51.2 Å². The zero-order valence-corrected chi connectivity index (χ0v) is 18.5. The molecule has 0 saturated heterocycles. The zero-order chi connectivity index (χ0) is 16.5. The number of pyridine rings is 1. The van der Waals surface area contributed by atoms with Crippen LogP contribution in [0.3, 0.4) is 0 Å². The number of aromatic nitrogens is 1. The average molecular weight is 525 g/mol. The van der Waals surface area contributed by atoms with E-state index in [-0.39, 0.29) is 24.0 Å². The minimum Gasteiger partial charge on any atom is -0.490 e. The van der Waals surface area contributed by atoms with E-state index < -0.39 is 0 Å². The van der Waals surface area contributed by atoms with Crippen LogP contribution in [0.1, 0.15) is 11.8 Å². The molecule has 2 aromatic rings. The molecule has 0 atom stereocenters. The second-order valence-corrected chi connectivity index (χ2v) is 7.38. The van der Waals surface area contributed by atoms with Crippen molar-refractivity contribution in [2.24, 2.45) is 4.99 Å².